The quantitative estimate of drug-likeness (QED) is 0.858. The molecular weight excluding hydrogens is 258 g/mol. The van der Waals surface area contributed by atoms with Gasteiger partial charge in [-0.2, -0.15) is 0 Å². The standard InChI is InChI=1S/C14H21N3O3/c1-16-6-2-4-14(10-18)5-7-17(9-12(14)16)13(19)11-3-8-20-15-11/h3,8,12,18H,2,4-7,9-10H2,1H3/t12-,14-/m1/s1. The molecule has 20 heavy (non-hydrogen) atoms. The van der Waals surface area contributed by atoms with E-state index in [0.29, 0.717) is 18.8 Å². The fourth-order valence-corrected chi connectivity index (χ4v) is 3.69. The second-order valence-corrected chi connectivity index (χ2v) is 6.01. The molecule has 0 aromatic carbocycles. The molecular formula is C14H21N3O3. The highest BCUT2D eigenvalue weighted by Gasteiger charge is 2.47. The van der Waals surface area contributed by atoms with E-state index in [4.69, 9.17) is 4.52 Å². The topological polar surface area (TPSA) is 69.8 Å². The van der Waals surface area contributed by atoms with E-state index in [2.05, 4.69) is 17.1 Å². The van der Waals surface area contributed by atoms with Crippen molar-refractivity contribution >= 4 is 5.91 Å². The summed E-state index contributed by atoms with van der Waals surface area (Å²) in [5, 5.41) is 13.6. The first-order valence-electron chi connectivity index (χ1n) is 7.17. The van der Waals surface area contributed by atoms with E-state index in [1.165, 1.54) is 6.26 Å². The van der Waals surface area contributed by atoms with Crippen molar-refractivity contribution in [2.75, 3.05) is 33.3 Å². The smallest absolute Gasteiger partial charge is 0.276 e. The van der Waals surface area contributed by atoms with E-state index in [1.54, 1.807) is 6.07 Å². The summed E-state index contributed by atoms with van der Waals surface area (Å²) in [6.45, 7) is 2.56. The van der Waals surface area contributed by atoms with Crippen LogP contribution in [0.2, 0.25) is 0 Å². The molecule has 3 rings (SSSR count). The van der Waals surface area contributed by atoms with Gasteiger partial charge in [0.25, 0.3) is 5.91 Å². The Morgan fingerprint density at radius 2 is 2.40 bits per heavy atom. The highest BCUT2D eigenvalue weighted by molar-refractivity contribution is 5.92. The Kier molecular flexibility index (Phi) is 3.52. The third-order valence-electron chi connectivity index (χ3n) is 4.96. The van der Waals surface area contributed by atoms with Gasteiger partial charge in [-0.1, -0.05) is 5.16 Å². The molecule has 0 spiro atoms. The van der Waals surface area contributed by atoms with Crippen molar-refractivity contribution < 1.29 is 14.4 Å². The maximum atomic E-state index is 12.4. The zero-order chi connectivity index (χ0) is 14.2. The van der Waals surface area contributed by atoms with Crippen LogP contribution in [0.3, 0.4) is 0 Å². The SMILES string of the molecule is CN1CCC[C@]2(CO)CCN(C(=O)c3ccon3)C[C@@H]12. The highest BCUT2D eigenvalue weighted by atomic mass is 16.5. The van der Waals surface area contributed by atoms with Crippen LogP contribution in [0.5, 0.6) is 0 Å². The molecule has 110 valence electrons. The van der Waals surface area contributed by atoms with Gasteiger partial charge in [0.1, 0.15) is 6.26 Å². The van der Waals surface area contributed by atoms with Crippen molar-refractivity contribution in [2.45, 2.75) is 25.3 Å². The lowest BCUT2D eigenvalue weighted by Gasteiger charge is -2.53. The summed E-state index contributed by atoms with van der Waals surface area (Å²) in [7, 11) is 2.08. The number of hydrogen-bond acceptors (Lipinski definition) is 5. The van der Waals surface area contributed by atoms with Crippen LogP contribution in [-0.2, 0) is 0 Å². The molecule has 2 fully saturated rings. The molecule has 0 radical (unpaired) electrons. The summed E-state index contributed by atoms with van der Waals surface area (Å²) in [5.41, 5.74) is 0.313. The maximum absolute atomic E-state index is 12.4. The number of aromatic nitrogens is 1. The number of aliphatic hydroxyl groups is 1. The second-order valence-electron chi connectivity index (χ2n) is 6.01. The van der Waals surface area contributed by atoms with Crippen molar-refractivity contribution in [2.24, 2.45) is 5.41 Å². The lowest BCUT2D eigenvalue weighted by Crippen LogP contribution is -2.62. The summed E-state index contributed by atoms with van der Waals surface area (Å²) >= 11 is 0. The summed E-state index contributed by atoms with van der Waals surface area (Å²) in [4.78, 5) is 16.5. The number of aliphatic hydroxyl groups excluding tert-OH is 1. The van der Waals surface area contributed by atoms with Gasteiger partial charge in [0.15, 0.2) is 5.69 Å². The molecule has 1 N–H and O–H groups in total. The zero-order valence-corrected chi connectivity index (χ0v) is 11.8. The van der Waals surface area contributed by atoms with Gasteiger partial charge in [0.2, 0.25) is 0 Å². The van der Waals surface area contributed by atoms with Gasteiger partial charge < -0.3 is 19.4 Å². The first-order chi connectivity index (χ1) is 9.66. The number of likely N-dealkylation sites (tertiary alicyclic amines) is 2. The van der Waals surface area contributed by atoms with E-state index in [1.807, 2.05) is 4.90 Å². The van der Waals surface area contributed by atoms with Crippen LogP contribution in [0.1, 0.15) is 29.8 Å². The Bertz CT molecular complexity index is 476. The van der Waals surface area contributed by atoms with Crippen LogP contribution in [-0.4, -0.2) is 65.3 Å². The molecule has 2 saturated heterocycles. The lowest BCUT2D eigenvalue weighted by molar-refractivity contribution is -0.0602. The van der Waals surface area contributed by atoms with E-state index in [9.17, 15) is 9.90 Å². The predicted octanol–water partition coefficient (Wildman–Crippen LogP) is 0.593. The van der Waals surface area contributed by atoms with Gasteiger partial charge in [-0.15, -0.1) is 0 Å². The lowest BCUT2D eigenvalue weighted by atomic mass is 9.69. The number of likely N-dealkylation sites (N-methyl/N-ethyl adjacent to an activating group) is 1. The highest BCUT2D eigenvalue weighted by Crippen LogP contribution is 2.41. The Morgan fingerprint density at radius 3 is 3.10 bits per heavy atom. The molecule has 2 atom stereocenters. The van der Waals surface area contributed by atoms with Crippen molar-refractivity contribution in [3.8, 4) is 0 Å². The van der Waals surface area contributed by atoms with Crippen LogP contribution in [0, 0.1) is 5.41 Å². The first-order valence-corrected chi connectivity index (χ1v) is 7.17. The average molecular weight is 279 g/mol. The van der Waals surface area contributed by atoms with Gasteiger partial charge >= 0.3 is 0 Å². The fourth-order valence-electron chi connectivity index (χ4n) is 3.69. The molecule has 0 bridgehead atoms. The van der Waals surface area contributed by atoms with E-state index >= 15 is 0 Å². The van der Waals surface area contributed by atoms with Gasteiger partial charge in [-0.25, -0.2) is 0 Å². The Hall–Kier alpha value is -1.40. The van der Waals surface area contributed by atoms with E-state index in [0.717, 1.165) is 25.8 Å². The molecule has 2 aliphatic rings. The molecule has 3 heterocycles. The summed E-state index contributed by atoms with van der Waals surface area (Å²) < 4.78 is 4.75. The van der Waals surface area contributed by atoms with Crippen LogP contribution >= 0.6 is 0 Å². The number of carbonyl (C=O) groups is 1. The third kappa shape index (κ3) is 2.13. The number of amides is 1. The van der Waals surface area contributed by atoms with Gasteiger partial charge in [0, 0.05) is 30.6 Å². The largest absolute Gasteiger partial charge is 0.396 e. The minimum atomic E-state index is -0.0794. The molecule has 0 saturated carbocycles. The molecule has 6 nitrogen and oxygen atoms in total. The van der Waals surface area contributed by atoms with Gasteiger partial charge in [-0.3, -0.25) is 4.79 Å². The molecule has 0 unspecified atom stereocenters. The fraction of sp³-hybridized carbons (Fsp3) is 0.714. The third-order valence-corrected chi connectivity index (χ3v) is 4.96. The van der Waals surface area contributed by atoms with E-state index < -0.39 is 0 Å². The van der Waals surface area contributed by atoms with Gasteiger partial charge in [0.05, 0.1) is 6.61 Å². The minimum absolute atomic E-state index is 0.0480. The number of carbonyl (C=O) groups excluding carboxylic acids is 1. The Balaban J connectivity index is 1.78. The van der Waals surface area contributed by atoms with Crippen molar-refractivity contribution in [3.05, 3.63) is 18.0 Å². The number of piperidine rings is 2. The average Bonchev–Trinajstić information content (AvgIpc) is 3.01. The number of rotatable bonds is 2. The zero-order valence-electron chi connectivity index (χ0n) is 11.8. The van der Waals surface area contributed by atoms with Crippen LogP contribution < -0.4 is 0 Å². The predicted molar refractivity (Wildman–Crippen MR) is 72.2 cm³/mol. The summed E-state index contributed by atoms with van der Waals surface area (Å²) in [6, 6.07) is 1.83. The minimum Gasteiger partial charge on any atom is -0.396 e. The summed E-state index contributed by atoms with van der Waals surface area (Å²) in [5.74, 6) is -0.0794. The van der Waals surface area contributed by atoms with Gasteiger partial charge in [-0.05, 0) is 32.9 Å². The van der Waals surface area contributed by atoms with Crippen molar-refractivity contribution in [3.63, 3.8) is 0 Å². The van der Waals surface area contributed by atoms with Crippen LogP contribution in [0.15, 0.2) is 16.9 Å². The van der Waals surface area contributed by atoms with Crippen LogP contribution in [0.4, 0.5) is 0 Å². The number of hydrogen-bond donors (Lipinski definition) is 1. The first kappa shape index (κ1) is 13.6. The van der Waals surface area contributed by atoms with Crippen molar-refractivity contribution in [1.82, 2.24) is 15.0 Å². The monoisotopic (exact) mass is 279 g/mol. The molecule has 0 aliphatic carbocycles. The molecule has 1 aromatic heterocycles. The molecule has 6 heteroatoms. The molecule has 2 aliphatic heterocycles. The van der Waals surface area contributed by atoms with Crippen LogP contribution in [0.25, 0.3) is 0 Å². The number of nitrogens with zero attached hydrogens (tertiary/aromatic N) is 3. The Labute approximate surface area is 118 Å². The summed E-state index contributed by atoms with van der Waals surface area (Å²) in [6.07, 6.45) is 4.43. The molecule has 1 aromatic rings. The number of fused-ring (bicyclic) bond motifs is 1. The maximum Gasteiger partial charge on any atom is 0.276 e. The van der Waals surface area contributed by atoms with E-state index in [-0.39, 0.29) is 24.0 Å². The normalized spacial score (nSPS) is 31.1. The van der Waals surface area contributed by atoms with Crippen molar-refractivity contribution in [1.29, 1.82) is 0 Å². The molecule has 1 amide bonds. The Morgan fingerprint density at radius 1 is 1.55 bits per heavy atom. The second kappa shape index (κ2) is 5.18.